The molecule has 1 aliphatic heterocycles. The van der Waals surface area contributed by atoms with Crippen LogP contribution in [0.2, 0.25) is 0 Å². The Hall–Kier alpha value is -0.930. The van der Waals surface area contributed by atoms with Crippen molar-refractivity contribution in [3.05, 3.63) is 35.1 Å². The van der Waals surface area contributed by atoms with Gasteiger partial charge in [0.1, 0.15) is 5.82 Å². The van der Waals surface area contributed by atoms with E-state index in [0.29, 0.717) is 6.54 Å². The summed E-state index contributed by atoms with van der Waals surface area (Å²) in [4.78, 5) is 2.45. The average Bonchev–Trinajstić information content (AvgIpc) is 2.64. The van der Waals surface area contributed by atoms with Crippen LogP contribution in [-0.4, -0.2) is 18.0 Å². The summed E-state index contributed by atoms with van der Waals surface area (Å²) in [6, 6.07) is 4.96. The molecule has 3 heteroatoms. The van der Waals surface area contributed by atoms with Gasteiger partial charge in [0.05, 0.1) is 0 Å². The van der Waals surface area contributed by atoms with Crippen LogP contribution >= 0.6 is 0 Å². The van der Waals surface area contributed by atoms with Crippen molar-refractivity contribution in [1.29, 1.82) is 0 Å². The van der Waals surface area contributed by atoms with Gasteiger partial charge in [0, 0.05) is 13.1 Å². The van der Waals surface area contributed by atoms with E-state index in [1.807, 2.05) is 6.07 Å². The molecule has 106 valence electrons. The van der Waals surface area contributed by atoms with Crippen LogP contribution in [0, 0.1) is 11.7 Å². The number of nitrogens with two attached hydrogens (primary N) is 1. The molecule has 2 N–H and O–H groups in total. The fourth-order valence-corrected chi connectivity index (χ4v) is 2.97. The fourth-order valence-electron chi connectivity index (χ4n) is 2.97. The average molecular weight is 264 g/mol. The van der Waals surface area contributed by atoms with Gasteiger partial charge in [-0.1, -0.05) is 19.4 Å². The first-order chi connectivity index (χ1) is 9.22. The maximum atomic E-state index is 13.4. The molecule has 0 saturated carbocycles. The summed E-state index contributed by atoms with van der Waals surface area (Å²) in [5.74, 6) is 0.708. The predicted molar refractivity (Wildman–Crippen MR) is 77.2 cm³/mol. The zero-order valence-electron chi connectivity index (χ0n) is 11.9. The molecule has 1 fully saturated rings. The molecule has 2 nitrogen and oxygen atoms in total. The smallest absolute Gasteiger partial charge is 0.123 e. The van der Waals surface area contributed by atoms with Gasteiger partial charge >= 0.3 is 0 Å². The molecule has 0 radical (unpaired) electrons. The summed E-state index contributed by atoms with van der Waals surface area (Å²) >= 11 is 0. The van der Waals surface area contributed by atoms with E-state index < -0.39 is 0 Å². The Kier molecular flexibility index (Phi) is 5.34. The highest BCUT2D eigenvalue weighted by atomic mass is 19.1. The van der Waals surface area contributed by atoms with Crippen molar-refractivity contribution in [3.8, 4) is 0 Å². The number of rotatable bonds is 4. The summed E-state index contributed by atoms with van der Waals surface area (Å²) < 4.78 is 13.4. The van der Waals surface area contributed by atoms with Crippen molar-refractivity contribution in [3.63, 3.8) is 0 Å². The number of benzene rings is 1. The molecule has 19 heavy (non-hydrogen) atoms. The Balaban J connectivity index is 2.02. The Bertz CT molecular complexity index is 406. The topological polar surface area (TPSA) is 29.3 Å². The molecular formula is C16H25FN2. The van der Waals surface area contributed by atoms with Gasteiger partial charge < -0.3 is 5.73 Å². The molecule has 1 saturated heterocycles. The van der Waals surface area contributed by atoms with E-state index in [1.165, 1.54) is 31.7 Å². The molecule has 0 aliphatic carbocycles. The standard InChI is InChI=1S/C16H25FN2/c1-2-13-4-3-8-19(9-7-13)12-15-10-16(17)6-5-14(15)11-18/h5-6,10,13H,2-4,7-9,11-12,18H2,1H3. The van der Waals surface area contributed by atoms with Crippen LogP contribution in [0.1, 0.15) is 43.7 Å². The Morgan fingerprint density at radius 1 is 1.26 bits per heavy atom. The van der Waals surface area contributed by atoms with Gasteiger partial charge in [0.2, 0.25) is 0 Å². The van der Waals surface area contributed by atoms with Gasteiger partial charge in [0.25, 0.3) is 0 Å². The van der Waals surface area contributed by atoms with Crippen LogP contribution in [-0.2, 0) is 13.1 Å². The molecular weight excluding hydrogens is 239 g/mol. The minimum absolute atomic E-state index is 0.159. The van der Waals surface area contributed by atoms with E-state index in [2.05, 4.69) is 11.8 Å². The van der Waals surface area contributed by atoms with Crippen molar-refractivity contribution >= 4 is 0 Å². The molecule has 0 aromatic heterocycles. The zero-order chi connectivity index (χ0) is 13.7. The predicted octanol–water partition coefficient (Wildman–Crippen LogP) is 3.30. The van der Waals surface area contributed by atoms with Gasteiger partial charge in [-0.2, -0.15) is 0 Å². The van der Waals surface area contributed by atoms with Crippen LogP contribution in [0.4, 0.5) is 4.39 Å². The zero-order valence-corrected chi connectivity index (χ0v) is 11.9. The second kappa shape index (κ2) is 7.01. The summed E-state index contributed by atoms with van der Waals surface area (Å²) in [6.07, 6.45) is 5.14. The number of hydrogen-bond acceptors (Lipinski definition) is 2. The van der Waals surface area contributed by atoms with E-state index in [4.69, 9.17) is 5.73 Å². The number of likely N-dealkylation sites (tertiary alicyclic amines) is 1. The first-order valence-electron chi connectivity index (χ1n) is 7.42. The lowest BCUT2D eigenvalue weighted by atomic mass is 9.98. The third kappa shape index (κ3) is 4.02. The van der Waals surface area contributed by atoms with Crippen LogP contribution in [0.5, 0.6) is 0 Å². The Labute approximate surface area is 115 Å². The number of nitrogens with zero attached hydrogens (tertiary/aromatic N) is 1. The second-order valence-corrected chi connectivity index (χ2v) is 5.60. The first kappa shape index (κ1) is 14.5. The Morgan fingerprint density at radius 3 is 2.84 bits per heavy atom. The lowest BCUT2D eigenvalue weighted by Crippen LogP contribution is -2.25. The Morgan fingerprint density at radius 2 is 2.11 bits per heavy atom. The highest BCUT2D eigenvalue weighted by Crippen LogP contribution is 2.22. The van der Waals surface area contributed by atoms with Crippen molar-refractivity contribution in [2.24, 2.45) is 11.7 Å². The van der Waals surface area contributed by atoms with Gasteiger partial charge in [0.15, 0.2) is 0 Å². The van der Waals surface area contributed by atoms with Crippen LogP contribution < -0.4 is 5.73 Å². The maximum Gasteiger partial charge on any atom is 0.123 e. The van der Waals surface area contributed by atoms with Gasteiger partial charge in [-0.05, 0) is 61.5 Å². The molecule has 1 aliphatic rings. The third-order valence-electron chi connectivity index (χ3n) is 4.30. The highest BCUT2D eigenvalue weighted by Gasteiger charge is 2.16. The summed E-state index contributed by atoms with van der Waals surface area (Å²) in [7, 11) is 0. The summed E-state index contributed by atoms with van der Waals surface area (Å²) in [6.45, 7) is 5.84. The number of hydrogen-bond donors (Lipinski definition) is 1. The largest absolute Gasteiger partial charge is 0.326 e. The van der Waals surface area contributed by atoms with Gasteiger partial charge in [-0.15, -0.1) is 0 Å². The lowest BCUT2D eigenvalue weighted by Gasteiger charge is -2.21. The quantitative estimate of drug-likeness (QED) is 0.904. The molecule has 1 unspecified atom stereocenters. The molecule has 1 aromatic rings. The second-order valence-electron chi connectivity index (χ2n) is 5.60. The van der Waals surface area contributed by atoms with Crippen molar-refractivity contribution in [2.45, 2.75) is 45.7 Å². The summed E-state index contributed by atoms with van der Waals surface area (Å²) in [5, 5.41) is 0. The fraction of sp³-hybridized carbons (Fsp3) is 0.625. The van der Waals surface area contributed by atoms with E-state index in [0.717, 1.165) is 36.7 Å². The van der Waals surface area contributed by atoms with Crippen LogP contribution in [0.25, 0.3) is 0 Å². The van der Waals surface area contributed by atoms with Crippen LogP contribution in [0.15, 0.2) is 18.2 Å². The van der Waals surface area contributed by atoms with Crippen molar-refractivity contribution < 1.29 is 4.39 Å². The molecule has 0 spiro atoms. The molecule has 0 bridgehead atoms. The third-order valence-corrected chi connectivity index (χ3v) is 4.30. The molecule has 2 rings (SSSR count). The van der Waals surface area contributed by atoms with E-state index in [9.17, 15) is 4.39 Å². The summed E-state index contributed by atoms with van der Waals surface area (Å²) in [5.41, 5.74) is 7.86. The molecule has 1 heterocycles. The normalized spacial score (nSPS) is 21.3. The minimum atomic E-state index is -0.159. The molecule has 1 aromatic carbocycles. The van der Waals surface area contributed by atoms with Crippen molar-refractivity contribution in [1.82, 2.24) is 4.90 Å². The van der Waals surface area contributed by atoms with Crippen molar-refractivity contribution in [2.75, 3.05) is 13.1 Å². The van der Waals surface area contributed by atoms with E-state index in [1.54, 1.807) is 6.07 Å². The van der Waals surface area contributed by atoms with Gasteiger partial charge in [-0.3, -0.25) is 4.90 Å². The SMILES string of the molecule is CCC1CCCN(Cc2cc(F)ccc2CN)CC1. The maximum absolute atomic E-state index is 13.4. The monoisotopic (exact) mass is 264 g/mol. The highest BCUT2D eigenvalue weighted by molar-refractivity contribution is 5.27. The van der Waals surface area contributed by atoms with Crippen LogP contribution in [0.3, 0.4) is 0 Å². The van der Waals surface area contributed by atoms with Gasteiger partial charge in [-0.25, -0.2) is 4.39 Å². The lowest BCUT2D eigenvalue weighted by molar-refractivity contribution is 0.271. The van der Waals surface area contributed by atoms with E-state index in [-0.39, 0.29) is 5.82 Å². The molecule has 1 atom stereocenters. The first-order valence-corrected chi connectivity index (χ1v) is 7.42. The minimum Gasteiger partial charge on any atom is -0.326 e. The van der Waals surface area contributed by atoms with E-state index >= 15 is 0 Å². The number of halogens is 1. The molecule has 0 amide bonds.